The number of para-hydroxylation sites is 2. The first-order valence-electron chi connectivity index (χ1n) is 8.82. The molecule has 1 heterocycles. The average molecular weight is 455 g/mol. The highest BCUT2D eigenvalue weighted by Crippen LogP contribution is 2.19. The van der Waals surface area contributed by atoms with E-state index in [1.54, 1.807) is 12.1 Å². The number of hydrogen-bond donors (Lipinski definition) is 1. The van der Waals surface area contributed by atoms with Crippen LogP contribution >= 0.6 is 27.5 Å². The average Bonchev–Trinajstić information content (AvgIpc) is 3.06. The second-order valence-corrected chi connectivity index (χ2v) is 7.77. The molecule has 1 amide bonds. The fraction of sp³-hybridized carbons (Fsp3) is 0.0909. The van der Waals surface area contributed by atoms with Gasteiger partial charge in [0.2, 0.25) is 0 Å². The summed E-state index contributed by atoms with van der Waals surface area (Å²) in [5.74, 6) is 0.680. The van der Waals surface area contributed by atoms with Crippen LogP contribution in [0.15, 0.2) is 77.3 Å². The Hall–Kier alpha value is -2.63. The van der Waals surface area contributed by atoms with Gasteiger partial charge in [0.15, 0.2) is 0 Å². The van der Waals surface area contributed by atoms with Crippen LogP contribution in [0.2, 0.25) is 5.02 Å². The zero-order chi connectivity index (χ0) is 19.5. The minimum atomic E-state index is -0.127. The van der Waals surface area contributed by atoms with Gasteiger partial charge in [-0.1, -0.05) is 51.8 Å². The van der Waals surface area contributed by atoms with Crippen LogP contribution in [0.4, 0.5) is 0 Å². The first-order valence-corrected chi connectivity index (χ1v) is 9.99. The first-order chi connectivity index (χ1) is 13.6. The molecule has 28 heavy (non-hydrogen) atoms. The number of hydrogen-bond acceptors (Lipinski definition) is 2. The van der Waals surface area contributed by atoms with E-state index in [4.69, 9.17) is 16.6 Å². The molecule has 0 saturated carbocycles. The van der Waals surface area contributed by atoms with Crippen LogP contribution in [0.25, 0.3) is 11.0 Å². The Morgan fingerprint density at radius 3 is 2.46 bits per heavy atom. The van der Waals surface area contributed by atoms with Crippen molar-refractivity contribution in [2.24, 2.45) is 0 Å². The number of fused-ring (bicyclic) bond motifs is 1. The van der Waals surface area contributed by atoms with Gasteiger partial charge in [-0.2, -0.15) is 0 Å². The van der Waals surface area contributed by atoms with Crippen LogP contribution < -0.4 is 5.32 Å². The summed E-state index contributed by atoms with van der Waals surface area (Å²) < 4.78 is 3.06. The highest BCUT2D eigenvalue weighted by atomic mass is 79.9. The molecular weight excluding hydrogens is 438 g/mol. The van der Waals surface area contributed by atoms with Gasteiger partial charge in [-0.05, 0) is 54.1 Å². The number of carbonyl (C=O) groups is 1. The van der Waals surface area contributed by atoms with E-state index >= 15 is 0 Å². The molecule has 0 atom stereocenters. The summed E-state index contributed by atoms with van der Waals surface area (Å²) in [5.41, 5.74) is 3.67. The molecular formula is C22H17BrClN3O. The van der Waals surface area contributed by atoms with Crippen molar-refractivity contribution in [3.63, 3.8) is 0 Å². The minimum absolute atomic E-state index is 0.127. The van der Waals surface area contributed by atoms with Gasteiger partial charge in [0, 0.05) is 21.6 Å². The summed E-state index contributed by atoms with van der Waals surface area (Å²) in [7, 11) is 0. The van der Waals surface area contributed by atoms with Gasteiger partial charge in [0.05, 0.1) is 17.6 Å². The summed E-state index contributed by atoms with van der Waals surface area (Å²) >= 11 is 9.38. The SMILES string of the molecule is O=C(NCc1nc2ccccc2n1Cc1ccc(Cl)cc1)c1ccc(Br)cc1. The summed E-state index contributed by atoms with van der Waals surface area (Å²) in [6, 6.07) is 23.0. The van der Waals surface area contributed by atoms with Crippen molar-refractivity contribution in [2.75, 3.05) is 0 Å². The highest BCUT2D eigenvalue weighted by molar-refractivity contribution is 9.10. The predicted octanol–water partition coefficient (Wildman–Crippen LogP) is 5.43. The number of halogens is 2. The Balaban J connectivity index is 1.60. The van der Waals surface area contributed by atoms with Gasteiger partial charge in [0.1, 0.15) is 5.82 Å². The van der Waals surface area contributed by atoms with Crippen molar-refractivity contribution in [3.05, 3.63) is 99.2 Å². The molecule has 4 nitrogen and oxygen atoms in total. The molecule has 140 valence electrons. The Kier molecular flexibility index (Phi) is 5.46. The zero-order valence-electron chi connectivity index (χ0n) is 14.9. The Morgan fingerprint density at radius 1 is 1.00 bits per heavy atom. The van der Waals surface area contributed by atoms with Gasteiger partial charge in [-0.15, -0.1) is 0 Å². The standard InChI is InChI=1S/C22H17BrClN3O/c23-17-9-7-16(8-10-17)22(28)25-13-21-26-19-3-1-2-4-20(19)27(21)14-15-5-11-18(24)12-6-15/h1-12H,13-14H2,(H,25,28). The van der Waals surface area contributed by atoms with Gasteiger partial charge >= 0.3 is 0 Å². The summed E-state index contributed by atoms with van der Waals surface area (Å²) in [6.45, 7) is 0.998. The normalized spacial score (nSPS) is 10.9. The van der Waals surface area contributed by atoms with Crippen molar-refractivity contribution >= 4 is 44.5 Å². The van der Waals surface area contributed by atoms with Crippen LogP contribution in [-0.2, 0) is 13.1 Å². The lowest BCUT2D eigenvalue weighted by Crippen LogP contribution is -2.24. The zero-order valence-corrected chi connectivity index (χ0v) is 17.2. The molecule has 0 radical (unpaired) electrons. The first kappa shape index (κ1) is 18.7. The molecule has 0 fully saturated rings. The number of nitrogens with one attached hydrogen (secondary N) is 1. The van der Waals surface area contributed by atoms with Gasteiger partial charge in [-0.3, -0.25) is 4.79 Å². The summed E-state index contributed by atoms with van der Waals surface area (Å²) in [6.07, 6.45) is 0. The monoisotopic (exact) mass is 453 g/mol. The smallest absolute Gasteiger partial charge is 0.251 e. The van der Waals surface area contributed by atoms with E-state index in [1.165, 1.54) is 0 Å². The van der Waals surface area contributed by atoms with E-state index in [0.29, 0.717) is 23.7 Å². The highest BCUT2D eigenvalue weighted by Gasteiger charge is 2.13. The third-order valence-corrected chi connectivity index (χ3v) is 5.28. The number of rotatable bonds is 5. The largest absolute Gasteiger partial charge is 0.345 e. The molecule has 3 aromatic carbocycles. The van der Waals surface area contributed by atoms with Crippen LogP contribution in [0.5, 0.6) is 0 Å². The minimum Gasteiger partial charge on any atom is -0.345 e. The molecule has 4 aromatic rings. The third kappa shape index (κ3) is 4.11. The molecule has 0 aliphatic carbocycles. The number of amides is 1. The topological polar surface area (TPSA) is 46.9 Å². The van der Waals surface area contributed by atoms with Crippen molar-refractivity contribution in [1.82, 2.24) is 14.9 Å². The van der Waals surface area contributed by atoms with Crippen molar-refractivity contribution in [3.8, 4) is 0 Å². The molecule has 1 N–H and O–H groups in total. The molecule has 0 saturated heterocycles. The number of nitrogens with zero attached hydrogens (tertiary/aromatic N) is 2. The second-order valence-electron chi connectivity index (χ2n) is 6.42. The van der Waals surface area contributed by atoms with Crippen LogP contribution in [0, 0.1) is 0 Å². The molecule has 0 bridgehead atoms. The number of benzene rings is 3. The van der Waals surface area contributed by atoms with Crippen LogP contribution in [0.3, 0.4) is 0 Å². The molecule has 1 aromatic heterocycles. The van der Waals surface area contributed by atoms with E-state index < -0.39 is 0 Å². The van der Waals surface area contributed by atoms with E-state index in [1.807, 2.05) is 60.7 Å². The maximum absolute atomic E-state index is 12.5. The number of aromatic nitrogens is 2. The molecule has 0 aliphatic heterocycles. The maximum atomic E-state index is 12.5. The predicted molar refractivity (Wildman–Crippen MR) is 116 cm³/mol. The molecule has 0 aliphatic rings. The van der Waals surface area contributed by atoms with E-state index in [2.05, 4.69) is 25.8 Å². The van der Waals surface area contributed by atoms with E-state index in [-0.39, 0.29) is 5.91 Å². The fourth-order valence-electron chi connectivity index (χ4n) is 3.07. The third-order valence-electron chi connectivity index (χ3n) is 4.50. The van der Waals surface area contributed by atoms with Crippen LogP contribution in [-0.4, -0.2) is 15.5 Å². The Bertz CT molecular complexity index is 1120. The number of imidazole rings is 1. The van der Waals surface area contributed by atoms with Crippen molar-refractivity contribution < 1.29 is 4.79 Å². The van der Waals surface area contributed by atoms with Gasteiger partial charge in [0.25, 0.3) is 5.91 Å². The van der Waals surface area contributed by atoms with E-state index in [0.717, 1.165) is 26.9 Å². The van der Waals surface area contributed by atoms with Crippen molar-refractivity contribution in [2.45, 2.75) is 13.1 Å². The van der Waals surface area contributed by atoms with Crippen LogP contribution in [0.1, 0.15) is 21.7 Å². The lowest BCUT2D eigenvalue weighted by atomic mass is 10.2. The maximum Gasteiger partial charge on any atom is 0.251 e. The molecule has 0 spiro atoms. The summed E-state index contributed by atoms with van der Waals surface area (Å²) in [4.78, 5) is 17.2. The Morgan fingerprint density at radius 2 is 1.71 bits per heavy atom. The second kappa shape index (κ2) is 8.17. The molecule has 6 heteroatoms. The lowest BCUT2D eigenvalue weighted by molar-refractivity contribution is 0.0949. The van der Waals surface area contributed by atoms with Gasteiger partial charge < -0.3 is 9.88 Å². The number of carbonyl (C=O) groups excluding carboxylic acids is 1. The Labute approximate surface area is 176 Å². The van der Waals surface area contributed by atoms with E-state index in [9.17, 15) is 4.79 Å². The molecule has 0 unspecified atom stereocenters. The summed E-state index contributed by atoms with van der Waals surface area (Å²) in [5, 5.41) is 3.68. The van der Waals surface area contributed by atoms with Gasteiger partial charge in [-0.25, -0.2) is 4.98 Å². The molecule has 4 rings (SSSR count). The fourth-order valence-corrected chi connectivity index (χ4v) is 3.46. The quantitative estimate of drug-likeness (QED) is 0.437. The lowest BCUT2D eigenvalue weighted by Gasteiger charge is -2.11. The van der Waals surface area contributed by atoms with Crippen molar-refractivity contribution in [1.29, 1.82) is 0 Å².